The Morgan fingerprint density at radius 1 is 0.638 bits per heavy atom. The van der Waals surface area contributed by atoms with Crippen molar-refractivity contribution in [1.82, 2.24) is 29.0 Å². The SMILES string of the molecule is CC(C)c1cccc(C(C)C)c1NC(=O)NS(=O)(=O)c1cc(C(=O)O)n(C)n1.CCOC(=O)c1cc(S(=O)(=O)NC(=O)Nc2c(C(C)C)cccc2C(C)C)nn1C. The van der Waals surface area contributed by atoms with Gasteiger partial charge in [-0.05, 0) is 52.8 Å². The maximum absolute atomic E-state index is 12.6. The fourth-order valence-electron chi connectivity index (χ4n) is 5.76. The molecule has 18 nitrogen and oxygen atoms in total. The van der Waals surface area contributed by atoms with Crippen LogP contribution in [0.3, 0.4) is 0 Å². The summed E-state index contributed by atoms with van der Waals surface area (Å²) in [5.41, 5.74) is 4.36. The second-order valence-corrected chi connectivity index (χ2v) is 17.6. The fourth-order valence-corrected chi connectivity index (χ4v) is 7.55. The fraction of sp³-hybridized carbons (Fsp3) is 0.421. The van der Waals surface area contributed by atoms with Crippen LogP contribution in [0.15, 0.2) is 58.6 Å². The van der Waals surface area contributed by atoms with Crippen molar-refractivity contribution >= 4 is 55.4 Å². The van der Waals surface area contributed by atoms with Crippen LogP contribution in [0.1, 0.15) is 129 Å². The number of aromatic carboxylic acids is 1. The van der Waals surface area contributed by atoms with Gasteiger partial charge in [0.2, 0.25) is 0 Å². The average molecular weight is 845 g/mol. The number of ether oxygens (including phenoxy) is 1. The molecule has 20 heteroatoms. The standard InChI is InChI=1S/C20H28N4O5S.C18H24N4O5S/c1-7-29-19(25)16-11-17(22-24(16)6)30(27,28)23-20(26)21-18-14(12(2)3)9-8-10-15(18)13(4)5;1-10(2)12-7-6-8-13(11(3)4)16(12)19-18(25)21-28(26,27)15-9-14(17(23)24)22(5)20-15/h8-13H,7H2,1-6H3,(H2,21,23,26);6-11H,1-5H3,(H,23,24)(H2,19,21,25). The van der Waals surface area contributed by atoms with Crippen molar-refractivity contribution < 1.29 is 45.9 Å². The lowest BCUT2D eigenvalue weighted by Gasteiger charge is -2.20. The zero-order valence-electron chi connectivity index (χ0n) is 34.4. The predicted octanol–water partition coefficient (Wildman–Crippen LogP) is 6.23. The highest BCUT2D eigenvalue weighted by atomic mass is 32.2. The summed E-state index contributed by atoms with van der Waals surface area (Å²) in [6.07, 6.45) is 0. The zero-order valence-corrected chi connectivity index (χ0v) is 36.0. The summed E-state index contributed by atoms with van der Waals surface area (Å²) in [5.74, 6) is -1.56. The summed E-state index contributed by atoms with van der Waals surface area (Å²) in [5, 5.41) is 20.8. The number of esters is 1. The van der Waals surface area contributed by atoms with Gasteiger partial charge in [0.1, 0.15) is 11.4 Å². The van der Waals surface area contributed by atoms with E-state index in [1.165, 1.54) is 14.1 Å². The molecule has 0 aliphatic rings. The van der Waals surface area contributed by atoms with Gasteiger partial charge >= 0.3 is 24.0 Å². The third kappa shape index (κ3) is 11.4. The number of rotatable bonds is 13. The molecule has 0 aliphatic carbocycles. The number of anilines is 2. The van der Waals surface area contributed by atoms with Crippen molar-refractivity contribution in [3.63, 3.8) is 0 Å². The number of para-hydroxylation sites is 2. The van der Waals surface area contributed by atoms with E-state index in [2.05, 4.69) is 20.8 Å². The summed E-state index contributed by atoms with van der Waals surface area (Å²) in [6.45, 7) is 17.6. The van der Waals surface area contributed by atoms with Crippen LogP contribution in [0.2, 0.25) is 0 Å². The highest BCUT2D eigenvalue weighted by molar-refractivity contribution is 7.90. The largest absolute Gasteiger partial charge is 0.477 e. The molecule has 0 fully saturated rings. The number of benzene rings is 2. The number of carboxylic acids is 1. The first-order chi connectivity index (χ1) is 26.9. The molecule has 0 unspecified atom stereocenters. The van der Waals surface area contributed by atoms with Gasteiger partial charge in [-0.2, -0.15) is 27.0 Å². The van der Waals surface area contributed by atoms with Gasteiger partial charge in [-0.25, -0.2) is 28.6 Å². The molecule has 4 rings (SSSR count). The van der Waals surface area contributed by atoms with Crippen molar-refractivity contribution in [2.45, 2.75) is 96.0 Å². The molecular weight excluding hydrogens is 793 g/mol. The van der Waals surface area contributed by atoms with E-state index >= 15 is 0 Å². The minimum atomic E-state index is -4.34. The lowest BCUT2D eigenvalue weighted by molar-refractivity contribution is 0.0513. The van der Waals surface area contributed by atoms with E-state index in [1.54, 1.807) is 6.92 Å². The number of aryl methyl sites for hydroxylation is 2. The third-order valence-electron chi connectivity index (χ3n) is 8.65. The monoisotopic (exact) mass is 844 g/mol. The molecule has 0 aliphatic heterocycles. The number of carbonyl (C=O) groups is 4. The Hall–Kier alpha value is -5.76. The molecular formula is C38H52N8O10S2. The highest BCUT2D eigenvalue weighted by Gasteiger charge is 2.27. The molecule has 0 saturated heterocycles. The topological polar surface area (TPSA) is 250 Å². The molecule has 0 spiro atoms. The summed E-state index contributed by atoms with van der Waals surface area (Å²) < 4.78 is 60.8. The summed E-state index contributed by atoms with van der Waals surface area (Å²) in [6, 6.07) is 11.4. The van der Waals surface area contributed by atoms with Crippen molar-refractivity contribution in [3.05, 3.63) is 82.2 Å². The van der Waals surface area contributed by atoms with Crippen molar-refractivity contribution in [1.29, 1.82) is 0 Å². The first-order valence-corrected chi connectivity index (χ1v) is 21.3. The molecule has 2 aromatic heterocycles. The number of sulfonamides is 2. The molecule has 5 N–H and O–H groups in total. The Morgan fingerprint density at radius 2 is 0.966 bits per heavy atom. The van der Waals surface area contributed by atoms with Gasteiger partial charge in [0.15, 0.2) is 10.1 Å². The van der Waals surface area contributed by atoms with Gasteiger partial charge in [0.05, 0.1) is 6.61 Å². The summed E-state index contributed by atoms with van der Waals surface area (Å²) in [4.78, 5) is 47.9. The van der Waals surface area contributed by atoms with Gasteiger partial charge < -0.3 is 20.5 Å². The summed E-state index contributed by atoms with van der Waals surface area (Å²) in [7, 11) is -5.92. The Kier molecular flexibility index (Phi) is 15.4. The minimum Gasteiger partial charge on any atom is -0.477 e. The van der Waals surface area contributed by atoms with Crippen LogP contribution >= 0.6 is 0 Å². The molecule has 4 aromatic rings. The normalized spacial score (nSPS) is 11.6. The number of carboxylic acid groups (broad SMARTS) is 1. The van der Waals surface area contributed by atoms with Gasteiger partial charge in [-0.1, -0.05) is 91.8 Å². The minimum absolute atomic E-state index is 0.0371. The Balaban J connectivity index is 0.000000311. The van der Waals surface area contributed by atoms with Crippen LogP contribution in [0, 0.1) is 0 Å². The zero-order chi connectivity index (χ0) is 43.9. The van der Waals surface area contributed by atoms with E-state index in [0.717, 1.165) is 43.8 Å². The van der Waals surface area contributed by atoms with E-state index in [9.17, 15) is 36.0 Å². The quantitative estimate of drug-likeness (QED) is 0.0940. The molecule has 58 heavy (non-hydrogen) atoms. The first-order valence-electron chi connectivity index (χ1n) is 18.3. The molecule has 2 aromatic carbocycles. The predicted molar refractivity (Wildman–Crippen MR) is 217 cm³/mol. The first kappa shape index (κ1) is 46.6. The number of urea groups is 2. The number of carbonyl (C=O) groups excluding carboxylic acids is 3. The van der Waals surface area contributed by atoms with Crippen LogP contribution < -0.4 is 20.1 Å². The third-order valence-corrected chi connectivity index (χ3v) is 11.1. The second kappa shape index (κ2) is 19.1. The molecule has 0 atom stereocenters. The molecule has 316 valence electrons. The van der Waals surface area contributed by atoms with Gasteiger partial charge in [0, 0.05) is 37.6 Å². The van der Waals surface area contributed by atoms with Crippen LogP contribution in [-0.2, 0) is 38.9 Å². The molecule has 0 saturated carbocycles. The van der Waals surface area contributed by atoms with E-state index in [-0.39, 0.29) is 41.7 Å². The van der Waals surface area contributed by atoms with Crippen LogP contribution in [0.5, 0.6) is 0 Å². The molecule has 4 amide bonds. The molecule has 2 heterocycles. The number of hydrogen-bond acceptors (Lipinski definition) is 11. The highest BCUT2D eigenvalue weighted by Crippen LogP contribution is 2.33. The Labute approximate surface area is 338 Å². The van der Waals surface area contributed by atoms with E-state index in [0.29, 0.717) is 11.4 Å². The van der Waals surface area contributed by atoms with E-state index in [1.807, 2.05) is 101 Å². The number of aromatic nitrogens is 4. The lowest BCUT2D eigenvalue weighted by atomic mass is 9.93. The second-order valence-electron chi connectivity index (χ2n) is 14.4. The molecule has 0 bridgehead atoms. The number of nitrogens with one attached hydrogen (secondary N) is 4. The number of amides is 4. The Bertz CT molecular complexity index is 2330. The van der Waals surface area contributed by atoms with Gasteiger partial charge in [-0.3, -0.25) is 9.36 Å². The maximum Gasteiger partial charge on any atom is 0.356 e. The number of hydrogen-bond donors (Lipinski definition) is 5. The Morgan fingerprint density at radius 3 is 1.26 bits per heavy atom. The van der Waals surface area contributed by atoms with Gasteiger partial charge in [-0.15, -0.1) is 0 Å². The van der Waals surface area contributed by atoms with Crippen molar-refractivity contribution in [2.24, 2.45) is 14.1 Å². The molecule has 0 radical (unpaired) electrons. The van der Waals surface area contributed by atoms with E-state index in [4.69, 9.17) is 9.84 Å². The maximum atomic E-state index is 12.6. The number of nitrogens with zero attached hydrogens (tertiary/aromatic N) is 4. The van der Waals surface area contributed by atoms with Crippen molar-refractivity contribution in [3.8, 4) is 0 Å². The van der Waals surface area contributed by atoms with E-state index < -0.39 is 54.1 Å². The average Bonchev–Trinajstić information content (AvgIpc) is 3.71. The van der Waals surface area contributed by atoms with Crippen molar-refractivity contribution in [2.75, 3.05) is 17.2 Å². The van der Waals surface area contributed by atoms with Gasteiger partial charge in [0.25, 0.3) is 20.0 Å². The summed E-state index contributed by atoms with van der Waals surface area (Å²) >= 11 is 0. The lowest BCUT2D eigenvalue weighted by Crippen LogP contribution is -2.35. The van der Waals surface area contributed by atoms with Crippen LogP contribution in [0.25, 0.3) is 0 Å². The van der Waals surface area contributed by atoms with Crippen LogP contribution in [0.4, 0.5) is 21.0 Å². The van der Waals surface area contributed by atoms with Crippen LogP contribution in [-0.4, -0.2) is 72.1 Å². The smallest absolute Gasteiger partial charge is 0.356 e.